The third-order valence-corrected chi connectivity index (χ3v) is 6.81. The maximum absolute atomic E-state index is 9.52. The van der Waals surface area contributed by atoms with Gasteiger partial charge >= 0.3 is 0 Å². The fourth-order valence-corrected chi connectivity index (χ4v) is 5.59. The molecule has 0 bridgehead atoms. The van der Waals surface area contributed by atoms with Crippen molar-refractivity contribution >= 4 is 11.3 Å². The fourth-order valence-electron chi connectivity index (χ4n) is 4.49. The normalized spacial score (nSPS) is 23.8. The average Bonchev–Trinajstić information content (AvgIpc) is 3.04. The molecule has 0 spiro atoms. The van der Waals surface area contributed by atoms with E-state index in [1.54, 1.807) is 0 Å². The molecule has 3 rings (SSSR count). The second-order valence-electron chi connectivity index (χ2n) is 9.64. The maximum Gasteiger partial charge on any atom is 0.0446 e. The molecule has 27 heavy (non-hydrogen) atoms. The van der Waals surface area contributed by atoms with Gasteiger partial charge in [0.1, 0.15) is 0 Å². The minimum atomic E-state index is 0.290. The Labute approximate surface area is 170 Å². The van der Waals surface area contributed by atoms with Gasteiger partial charge in [-0.25, -0.2) is 0 Å². The monoisotopic (exact) mass is 393 g/mol. The number of piperazine rings is 1. The van der Waals surface area contributed by atoms with E-state index in [4.69, 9.17) is 0 Å². The molecule has 5 heteroatoms. The lowest BCUT2D eigenvalue weighted by Crippen LogP contribution is -2.54. The predicted octanol–water partition coefficient (Wildman–Crippen LogP) is 3.65. The Morgan fingerprint density at radius 1 is 0.963 bits per heavy atom. The summed E-state index contributed by atoms with van der Waals surface area (Å²) < 4.78 is 0. The van der Waals surface area contributed by atoms with Gasteiger partial charge in [-0.1, -0.05) is 27.2 Å². The largest absolute Gasteiger partial charge is 0.396 e. The molecule has 2 saturated heterocycles. The van der Waals surface area contributed by atoms with Crippen molar-refractivity contribution in [3.05, 3.63) is 21.9 Å². The summed E-state index contributed by atoms with van der Waals surface area (Å²) in [6.45, 7) is 16.4. The van der Waals surface area contributed by atoms with Crippen LogP contribution in [-0.2, 0) is 13.1 Å². The van der Waals surface area contributed by atoms with E-state index in [2.05, 4.69) is 47.6 Å². The quantitative estimate of drug-likeness (QED) is 0.766. The van der Waals surface area contributed by atoms with Crippen molar-refractivity contribution in [2.24, 2.45) is 5.41 Å². The summed E-state index contributed by atoms with van der Waals surface area (Å²) in [5, 5.41) is 9.52. The number of nitrogens with zero attached hydrogens (tertiary/aromatic N) is 3. The number of rotatable bonds is 7. The van der Waals surface area contributed by atoms with Crippen molar-refractivity contribution in [2.75, 3.05) is 45.9 Å². The summed E-state index contributed by atoms with van der Waals surface area (Å²) in [7, 11) is 0. The van der Waals surface area contributed by atoms with Crippen molar-refractivity contribution in [3.8, 4) is 0 Å². The van der Waals surface area contributed by atoms with Crippen molar-refractivity contribution in [1.82, 2.24) is 14.7 Å². The molecule has 0 saturated carbocycles. The summed E-state index contributed by atoms with van der Waals surface area (Å²) >= 11 is 2.00. The number of piperidine rings is 1. The van der Waals surface area contributed by atoms with Gasteiger partial charge in [0, 0.05) is 61.7 Å². The molecule has 2 aliphatic heterocycles. The van der Waals surface area contributed by atoms with E-state index < -0.39 is 0 Å². The number of hydrogen-bond acceptors (Lipinski definition) is 5. The van der Waals surface area contributed by atoms with Gasteiger partial charge in [0.05, 0.1) is 0 Å². The summed E-state index contributed by atoms with van der Waals surface area (Å²) in [4.78, 5) is 10.8. The number of hydrogen-bond donors (Lipinski definition) is 1. The molecule has 4 nitrogen and oxygen atoms in total. The Balaban J connectivity index is 1.52. The molecule has 154 valence electrons. The lowest BCUT2D eigenvalue weighted by molar-refractivity contribution is 0.0344. The minimum Gasteiger partial charge on any atom is -0.396 e. The first kappa shape index (κ1) is 21.3. The van der Waals surface area contributed by atoms with Gasteiger partial charge in [0.25, 0.3) is 0 Å². The minimum absolute atomic E-state index is 0.290. The zero-order valence-corrected chi connectivity index (χ0v) is 18.4. The van der Waals surface area contributed by atoms with Gasteiger partial charge in [-0.15, -0.1) is 11.3 Å². The number of thiophene rings is 1. The van der Waals surface area contributed by atoms with Crippen LogP contribution < -0.4 is 0 Å². The lowest BCUT2D eigenvalue weighted by atomic mass is 9.94. The molecule has 0 amide bonds. The standard InChI is InChI=1S/C22H39N3OS/c1-22(2,3)18-25-13-12-24(15-19(25)9-14-26)17-21-8-7-20(27-21)16-23-10-5-4-6-11-23/h7-8,19,26H,4-6,9-18H2,1-3H3/t19-/m0/s1. The molecular weight excluding hydrogens is 354 g/mol. The molecule has 0 aromatic carbocycles. The SMILES string of the molecule is CC(C)(C)CN1CCN(Cc2ccc(CN3CCCCC3)s2)C[C@@H]1CCO. The highest BCUT2D eigenvalue weighted by Crippen LogP contribution is 2.25. The highest BCUT2D eigenvalue weighted by molar-refractivity contribution is 7.11. The summed E-state index contributed by atoms with van der Waals surface area (Å²) in [6, 6.07) is 5.16. The summed E-state index contributed by atoms with van der Waals surface area (Å²) in [5.41, 5.74) is 0.312. The van der Waals surface area contributed by atoms with Gasteiger partial charge < -0.3 is 5.11 Å². The molecular formula is C22H39N3OS. The van der Waals surface area contributed by atoms with Crippen LogP contribution in [0, 0.1) is 5.41 Å². The van der Waals surface area contributed by atoms with Crippen LogP contribution in [0.5, 0.6) is 0 Å². The molecule has 1 N–H and O–H groups in total. The number of aliphatic hydroxyl groups excluding tert-OH is 1. The van der Waals surface area contributed by atoms with Crippen LogP contribution in [-0.4, -0.2) is 71.7 Å². The first-order valence-electron chi connectivity index (χ1n) is 10.8. The van der Waals surface area contributed by atoms with Crippen LogP contribution >= 0.6 is 11.3 Å². The van der Waals surface area contributed by atoms with E-state index in [0.29, 0.717) is 11.5 Å². The third kappa shape index (κ3) is 6.82. The van der Waals surface area contributed by atoms with E-state index in [1.807, 2.05) is 11.3 Å². The second-order valence-corrected chi connectivity index (χ2v) is 10.9. The predicted molar refractivity (Wildman–Crippen MR) is 115 cm³/mol. The zero-order chi connectivity index (χ0) is 19.3. The van der Waals surface area contributed by atoms with Crippen molar-refractivity contribution in [3.63, 3.8) is 0 Å². The first-order valence-corrected chi connectivity index (χ1v) is 11.6. The van der Waals surface area contributed by atoms with E-state index in [1.165, 1.54) is 42.1 Å². The topological polar surface area (TPSA) is 30.0 Å². The molecule has 1 aromatic rings. The molecule has 0 unspecified atom stereocenters. The maximum atomic E-state index is 9.52. The Morgan fingerprint density at radius 2 is 1.63 bits per heavy atom. The highest BCUT2D eigenvalue weighted by Gasteiger charge is 2.29. The van der Waals surface area contributed by atoms with Crippen LogP contribution in [0.1, 0.15) is 56.2 Å². The molecule has 2 fully saturated rings. The van der Waals surface area contributed by atoms with Crippen LogP contribution in [0.3, 0.4) is 0 Å². The third-order valence-electron chi connectivity index (χ3n) is 5.75. The molecule has 2 aliphatic rings. The van der Waals surface area contributed by atoms with Gasteiger partial charge in [0.2, 0.25) is 0 Å². The number of likely N-dealkylation sites (tertiary alicyclic amines) is 1. The van der Waals surface area contributed by atoms with E-state index in [-0.39, 0.29) is 6.61 Å². The summed E-state index contributed by atoms with van der Waals surface area (Å²) in [5.74, 6) is 0. The lowest BCUT2D eigenvalue weighted by Gasteiger charge is -2.43. The zero-order valence-electron chi connectivity index (χ0n) is 17.6. The van der Waals surface area contributed by atoms with Gasteiger partial charge in [-0.2, -0.15) is 0 Å². The first-order chi connectivity index (χ1) is 12.9. The highest BCUT2D eigenvalue weighted by atomic mass is 32.1. The summed E-state index contributed by atoms with van der Waals surface area (Å²) in [6.07, 6.45) is 5.02. The Hall–Kier alpha value is -0.460. The van der Waals surface area contributed by atoms with E-state index in [9.17, 15) is 5.11 Å². The van der Waals surface area contributed by atoms with Crippen LogP contribution in [0.4, 0.5) is 0 Å². The Bertz CT molecular complexity index is 562. The Kier molecular flexibility index (Phi) is 7.74. The Morgan fingerprint density at radius 3 is 2.26 bits per heavy atom. The molecule has 0 radical (unpaired) electrons. The van der Waals surface area contributed by atoms with Gasteiger partial charge in [-0.05, 0) is 49.9 Å². The van der Waals surface area contributed by atoms with Crippen LogP contribution in [0.15, 0.2) is 12.1 Å². The van der Waals surface area contributed by atoms with Crippen LogP contribution in [0.2, 0.25) is 0 Å². The van der Waals surface area contributed by atoms with Crippen LogP contribution in [0.25, 0.3) is 0 Å². The van der Waals surface area contributed by atoms with Crippen molar-refractivity contribution < 1.29 is 5.11 Å². The molecule has 3 heterocycles. The van der Waals surface area contributed by atoms with Gasteiger partial charge in [-0.3, -0.25) is 14.7 Å². The van der Waals surface area contributed by atoms with E-state index in [0.717, 1.165) is 45.7 Å². The second kappa shape index (κ2) is 9.84. The van der Waals surface area contributed by atoms with Crippen molar-refractivity contribution in [1.29, 1.82) is 0 Å². The molecule has 0 aliphatic carbocycles. The van der Waals surface area contributed by atoms with Gasteiger partial charge in [0.15, 0.2) is 0 Å². The smallest absolute Gasteiger partial charge is 0.0446 e. The van der Waals surface area contributed by atoms with E-state index >= 15 is 0 Å². The van der Waals surface area contributed by atoms with Crippen molar-refractivity contribution in [2.45, 2.75) is 65.6 Å². The number of aliphatic hydroxyl groups is 1. The fraction of sp³-hybridized carbons (Fsp3) is 0.818. The molecule has 1 atom stereocenters. The average molecular weight is 394 g/mol. The molecule has 1 aromatic heterocycles.